The third kappa shape index (κ3) is 3.14. The summed E-state index contributed by atoms with van der Waals surface area (Å²) in [5.74, 6) is -0.640. The van der Waals surface area contributed by atoms with Crippen molar-refractivity contribution in [2.75, 3.05) is 0 Å². The number of Topliss-reactive ketones (excluding diaryl/α,β-unsaturated/α-hetero) is 1. The lowest BCUT2D eigenvalue weighted by Gasteiger charge is -2.63. The molecule has 2 aliphatic rings. The van der Waals surface area contributed by atoms with Crippen molar-refractivity contribution in [3.8, 4) is 0 Å². The van der Waals surface area contributed by atoms with Crippen molar-refractivity contribution in [2.45, 2.75) is 78.4 Å². The monoisotopic (exact) mass is 376 g/mol. The maximum absolute atomic E-state index is 12.9. The molecule has 1 aromatic heterocycles. The van der Waals surface area contributed by atoms with Crippen molar-refractivity contribution in [1.29, 1.82) is 0 Å². The van der Waals surface area contributed by atoms with E-state index in [9.17, 15) is 14.7 Å². The molecule has 27 heavy (non-hydrogen) atoms. The van der Waals surface area contributed by atoms with Crippen LogP contribution in [0.2, 0.25) is 0 Å². The van der Waals surface area contributed by atoms with Gasteiger partial charge in [0.05, 0.1) is 18.1 Å². The van der Waals surface area contributed by atoms with Gasteiger partial charge in [-0.2, -0.15) is 0 Å². The van der Waals surface area contributed by atoms with Crippen molar-refractivity contribution in [3.05, 3.63) is 24.2 Å². The summed E-state index contributed by atoms with van der Waals surface area (Å²) in [6.45, 7) is 9.57. The number of hydrogen-bond acceptors (Lipinski definition) is 5. The second kappa shape index (κ2) is 6.77. The van der Waals surface area contributed by atoms with Gasteiger partial charge in [-0.05, 0) is 43.2 Å². The molecule has 2 fully saturated rings. The molecule has 5 nitrogen and oxygen atoms in total. The number of ketones is 1. The normalized spacial score (nSPS) is 38.3. The summed E-state index contributed by atoms with van der Waals surface area (Å²) in [5, 5.41) is 11.9. The van der Waals surface area contributed by atoms with Crippen LogP contribution < -0.4 is 0 Å². The van der Waals surface area contributed by atoms with E-state index in [4.69, 9.17) is 9.15 Å². The summed E-state index contributed by atoms with van der Waals surface area (Å²) in [6, 6.07) is 1.90. The van der Waals surface area contributed by atoms with E-state index in [0.717, 1.165) is 12.0 Å². The fourth-order valence-electron chi connectivity index (χ4n) is 5.85. The fraction of sp³-hybridized carbons (Fsp3) is 0.727. The Morgan fingerprint density at radius 3 is 2.67 bits per heavy atom. The Morgan fingerprint density at radius 2 is 2.07 bits per heavy atom. The van der Waals surface area contributed by atoms with E-state index in [1.807, 2.05) is 13.0 Å². The molecule has 2 aliphatic carbocycles. The van der Waals surface area contributed by atoms with Crippen molar-refractivity contribution < 1.29 is 23.8 Å². The van der Waals surface area contributed by atoms with E-state index in [1.165, 1.54) is 6.92 Å². The van der Waals surface area contributed by atoms with Crippen LogP contribution in [0.4, 0.5) is 0 Å². The quantitative estimate of drug-likeness (QED) is 0.806. The van der Waals surface area contributed by atoms with Crippen molar-refractivity contribution in [1.82, 2.24) is 0 Å². The predicted molar refractivity (Wildman–Crippen MR) is 101 cm³/mol. The molecule has 0 amide bonds. The second-order valence-electron chi connectivity index (χ2n) is 9.38. The Bertz CT molecular complexity index is 706. The first kappa shape index (κ1) is 20.1. The third-order valence-electron chi connectivity index (χ3n) is 7.70. The van der Waals surface area contributed by atoms with Gasteiger partial charge in [-0.15, -0.1) is 0 Å². The number of aliphatic hydroxyl groups is 1. The molecule has 5 atom stereocenters. The van der Waals surface area contributed by atoms with Crippen LogP contribution in [0, 0.1) is 22.7 Å². The highest BCUT2D eigenvalue weighted by Crippen LogP contribution is 2.63. The van der Waals surface area contributed by atoms with Crippen LogP contribution in [0.15, 0.2) is 23.0 Å². The first-order valence-corrected chi connectivity index (χ1v) is 9.96. The van der Waals surface area contributed by atoms with Gasteiger partial charge >= 0.3 is 5.97 Å². The van der Waals surface area contributed by atoms with Gasteiger partial charge in [-0.3, -0.25) is 9.59 Å². The summed E-state index contributed by atoms with van der Waals surface area (Å²) >= 11 is 0. The molecule has 1 heterocycles. The third-order valence-corrected chi connectivity index (χ3v) is 7.70. The van der Waals surface area contributed by atoms with Crippen LogP contribution in [-0.4, -0.2) is 28.6 Å². The lowest BCUT2D eigenvalue weighted by molar-refractivity contribution is -0.230. The van der Waals surface area contributed by atoms with E-state index in [2.05, 4.69) is 20.8 Å². The van der Waals surface area contributed by atoms with Gasteiger partial charge in [-0.25, -0.2) is 0 Å². The van der Waals surface area contributed by atoms with Gasteiger partial charge in [-0.1, -0.05) is 27.7 Å². The Hall–Kier alpha value is -1.62. The highest BCUT2D eigenvalue weighted by molar-refractivity contribution is 5.83. The van der Waals surface area contributed by atoms with E-state index >= 15 is 0 Å². The molecule has 1 unspecified atom stereocenters. The van der Waals surface area contributed by atoms with Crippen LogP contribution in [0.1, 0.15) is 65.9 Å². The zero-order chi connectivity index (χ0) is 20.0. The summed E-state index contributed by atoms with van der Waals surface area (Å²) in [7, 11) is 0. The van der Waals surface area contributed by atoms with Crippen LogP contribution in [0.5, 0.6) is 0 Å². The Morgan fingerprint density at radius 1 is 1.37 bits per heavy atom. The fourth-order valence-corrected chi connectivity index (χ4v) is 5.85. The Labute approximate surface area is 161 Å². The topological polar surface area (TPSA) is 76.7 Å². The minimum Gasteiger partial charge on any atom is -0.472 e. The van der Waals surface area contributed by atoms with Gasteiger partial charge < -0.3 is 14.3 Å². The summed E-state index contributed by atoms with van der Waals surface area (Å²) < 4.78 is 10.8. The molecule has 2 saturated carbocycles. The number of fused-ring (bicyclic) bond motifs is 1. The summed E-state index contributed by atoms with van der Waals surface area (Å²) in [5.41, 5.74) is -0.855. The number of aryl methyl sites for hydroxylation is 1. The average Bonchev–Trinajstić information content (AvgIpc) is 3.10. The number of rotatable bonds is 4. The number of hydrogen-bond donors (Lipinski definition) is 1. The summed E-state index contributed by atoms with van der Waals surface area (Å²) in [4.78, 5) is 24.5. The van der Waals surface area contributed by atoms with Crippen LogP contribution in [0.25, 0.3) is 0 Å². The molecule has 5 heteroatoms. The van der Waals surface area contributed by atoms with E-state index in [0.29, 0.717) is 25.7 Å². The molecule has 0 aliphatic heterocycles. The van der Waals surface area contributed by atoms with E-state index < -0.39 is 16.9 Å². The molecule has 1 N–H and O–H groups in total. The average molecular weight is 376 g/mol. The second-order valence-corrected chi connectivity index (χ2v) is 9.38. The van der Waals surface area contributed by atoms with Crippen LogP contribution in [-0.2, 0) is 20.7 Å². The molecular formula is C22H32O5. The SMILES string of the molecule is CC(=O)O[C@@H]1CC[C@@]2(C)C(CC(=O)[C@@H](C)[C@]2(O)CCc2ccoc2)C1(C)C. The Balaban J connectivity index is 1.95. The first-order chi connectivity index (χ1) is 12.5. The van der Waals surface area contributed by atoms with Crippen molar-refractivity contribution >= 4 is 11.8 Å². The van der Waals surface area contributed by atoms with Gasteiger partial charge in [0, 0.05) is 30.1 Å². The zero-order valence-corrected chi connectivity index (χ0v) is 17.1. The summed E-state index contributed by atoms with van der Waals surface area (Å²) in [6.07, 6.45) is 6.14. The number of carbonyl (C=O) groups is 2. The first-order valence-electron chi connectivity index (χ1n) is 9.96. The molecule has 0 saturated heterocycles. The zero-order valence-electron chi connectivity index (χ0n) is 17.1. The lowest BCUT2D eigenvalue weighted by atomic mass is 9.43. The highest BCUT2D eigenvalue weighted by Gasteiger charge is 2.65. The largest absolute Gasteiger partial charge is 0.472 e. The molecule has 3 rings (SSSR count). The molecule has 0 spiro atoms. The molecule has 0 bridgehead atoms. The molecule has 1 aromatic rings. The Kier molecular flexibility index (Phi) is 5.04. The van der Waals surface area contributed by atoms with E-state index in [1.54, 1.807) is 12.5 Å². The number of esters is 1. The van der Waals surface area contributed by atoms with Gasteiger partial charge in [0.25, 0.3) is 0 Å². The lowest BCUT2D eigenvalue weighted by Crippen LogP contribution is -2.67. The van der Waals surface area contributed by atoms with Crippen LogP contribution in [0.3, 0.4) is 0 Å². The standard InChI is InChI=1S/C22H32O5/c1-14-17(24)12-18-20(3,4)19(27-15(2)23)7-9-21(18,5)22(14,25)10-6-16-8-11-26-13-16/h8,11,13-14,18-19,25H,6-7,9-10,12H2,1-5H3/t14-,18?,19-,21+,22-/m1/s1. The molecule has 150 valence electrons. The van der Waals surface area contributed by atoms with Crippen LogP contribution >= 0.6 is 0 Å². The van der Waals surface area contributed by atoms with Crippen molar-refractivity contribution in [2.24, 2.45) is 22.7 Å². The smallest absolute Gasteiger partial charge is 0.302 e. The number of ether oxygens (including phenoxy) is 1. The number of carbonyl (C=O) groups excluding carboxylic acids is 2. The molecule has 0 radical (unpaired) electrons. The highest BCUT2D eigenvalue weighted by atomic mass is 16.5. The van der Waals surface area contributed by atoms with Gasteiger partial charge in [0.2, 0.25) is 0 Å². The van der Waals surface area contributed by atoms with E-state index in [-0.39, 0.29) is 29.2 Å². The van der Waals surface area contributed by atoms with Crippen molar-refractivity contribution in [3.63, 3.8) is 0 Å². The van der Waals surface area contributed by atoms with Gasteiger partial charge in [0.1, 0.15) is 11.9 Å². The molecule has 0 aromatic carbocycles. The minimum absolute atomic E-state index is 0.0406. The predicted octanol–water partition coefficient (Wildman–Crippen LogP) is 3.93. The number of furan rings is 1. The minimum atomic E-state index is -1.09. The van der Waals surface area contributed by atoms with Gasteiger partial charge in [0.15, 0.2) is 0 Å². The maximum atomic E-state index is 12.9. The molecular weight excluding hydrogens is 344 g/mol. The maximum Gasteiger partial charge on any atom is 0.302 e.